The van der Waals surface area contributed by atoms with Crippen LogP contribution in [0.5, 0.6) is 0 Å². The van der Waals surface area contributed by atoms with Crippen LogP contribution in [0.2, 0.25) is 0 Å². The summed E-state index contributed by atoms with van der Waals surface area (Å²) in [6, 6.07) is 14.6. The molecule has 1 amide bonds. The zero-order chi connectivity index (χ0) is 24.2. The van der Waals surface area contributed by atoms with E-state index < -0.39 is 10.0 Å². The lowest BCUT2D eigenvalue weighted by Gasteiger charge is -2.56. The molecule has 0 saturated heterocycles. The normalized spacial score (nSPS) is 27.4. The monoisotopic (exact) mass is 490 g/mol. The highest BCUT2D eigenvalue weighted by molar-refractivity contribution is 7.90. The number of aryl methyl sites for hydroxylation is 2. The summed E-state index contributed by atoms with van der Waals surface area (Å²) in [5.41, 5.74) is 2.72. The number of para-hydroxylation sites is 1. The molecule has 2 aromatic carbocycles. The van der Waals surface area contributed by atoms with Crippen LogP contribution in [0, 0.1) is 24.7 Å². The van der Waals surface area contributed by atoms with Gasteiger partial charge in [0, 0.05) is 23.5 Å². The van der Waals surface area contributed by atoms with Crippen molar-refractivity contribution >= 4 is 26.8 Å². The molecule has 0 atom stereocenters. The molecule has 4 aliphatic rings. The Kier molecular flexibility index (Phi) is 5.55. The van der Waals surface area contributed by atoms with E-state index in [-0.39, 0.29) is 16.3 Å². The minimum absolute atomic E-state index is 0.0456. The summed E-state index contributed by atoms with van der Waals surface area (Å²) in [6.45, 7) is 1.94. The van der Waals surface area contributed by atoms with Gasteiger partial charge in [-0.05, 0) is 99.8 Å². The first-order valence-corrected chi connectivity index (χ1v) is 14.5. The summed E-state index contributed by atoms with van der Waals surface area (Å²) < 4.78 is 28.2. The zero-order valence-corrected chi connectivity index (χ0v) is 21.2. The largest absolute Gasteiger partial charge is 0.351 e. The number of nitrogens with zero attached hydrogens (tertiary/aromatic N) is 1. The molecular formula is C29H34N2O3S. The van der Waals surface area contributed by atoms with Gasteiger partial charge in [-0.3, -0.25) is 4.79 Å². The number of rotatable bonds is 7. The third-order valence-corrected chi connectivity index (χ3v) is 10.3. The van der Waals surface area contributed by atoms with Crippen LogP contribution >= 0.6 is 0 Å². The van der Waals surface area contributed by atoms with Gasteiger partial charge in [0.15, 0.2) is 0 Å². The second-order valence-corrected chi connectivity index (χ2v) is 13.2. The molecule has 4 saturated carbocycles. The molecule has 184 valence electrons. The molecule has 35 heavy (non-hydrogen) atoms. The number of aromatic nitrogens is 1. The Balaban J connectivity index is 1.16. The summed E-state index contributed by atoms with van der Waals surface area (Å²) >= 11 is 0. The van der Waals surface area contributed by atoms with E-state index in [9.17, 15) is 13.2 Å². The topological polar surface area (TPSA) is 68.2 Å². The second kappa shape index (κ2) is 8.51. The Morgan fingerprint density at radius 3 is 2.26 bits per heavy atom. The molecule has 0 unspecified atom stereocenters. The van der Waals surface area contributed by atoms with E-state index in [1.54, 1.807) is 18.3 Å². The number of carbonyl (C=O) groups is 1. The highest BCUT2D eigenvalue weighted by Crippen LogP contribution is 2.55. The first-order valence-electron chi connectivity index (χ1n) is 13.0. The fourth-order valence-electron chi connectivity index (χ4n) is 7.50. The van der Waals surface area contributed by atoms with Crippen molar-refractivity contribution in [2.45, 2.75) is 75.1 Å². The number of nitrogens with one attached hydrogen (secondary N) is 1. The van der Waals surface area contributed by atoms with E-state index >= 15 is 0 Å². The van der Waals surface area contributed by atoms with Crippen LogP contribution in [0.25, 0.3) is 10.9 Å². The van der Waals surface area contributed by atoms with Gasteiger partial charge in [0.25, 0.3) is 10.0 Å². The van der Waals surface area contributed by atoms with Crippen molar-refractivity contribution in [3.8, 4) is 0 Å². The first kappa shape index (κ1) is 22.8. The van der Waals surface area contributed by atoms with Gasteiger partial charge >= 0.3 is 0 Å². The lowest BCUT2D eigenvalue weighted by molar-refractivity contribution is -0.126. The lowest BCUT2D eigenvalue weighted by Crippen LogP contribution is -2.59. The lowest BCUT2D eigenvalue weighted by atomic mass is 9.53. The average molecular weight is 491 g/mol. The van der Waals surface area contributed by atoms with Gasteiger partial charge in [-0.2, -0.15) is 0 Å². The maximum absolute atomic E-state index is 13.4. The van der Waals surface area contributed by atoms with E-state index in [0.29, 0.717) is 24.8 Å². The van der Waals surface area contributed by atoms with E-state index in [1.165, 1.54) is 23.2 Å². The Labute approximate surface area is 208 Å². The van der Waals surface area contributed by atoms with Gasteiger partial charge in [0.05, 0.1) is 10.4 Å². The number of hydrogen-bond acceptors (Lipinski definition) is 3. The Morgan fingerprint density at radius 2 is 1.60 bits per heavy atom. The maximum Gasteiger partial charge on any atom is 0.268 e. The molecule has 4 aliphatic carbocycles. The van der Waals surface area contributed by atoms with Gasteiger partial charge in [-0.25, -0.2) is 12.4 Å². The molecule has 1 aromatic heterocycles. The molecule has 3 aromatic rings. The van der Waals surface area contributed by atoms with E-state index in [2.05, 4.69) is 5.32 Å². The maximum atomic E-state index is 13.4. The van der Waals surface area contributed by atoms with Gasteiger partial charge in [0.1, 0.15) is 0 Å². The third-order valence-electron chi connectivity index (χ3n) is 8.63. The van der Waals surface area contributed by atoms with Crippen LogP contribution < -0.4 is 5.32 Å². The van der Waals surface area contributed by atoms with Gasteiger partial charge in [0.2, 0.25) is 5.91 Å². The van der Waals surface area contributed by atoms with Crippen molar-refractivity contribution in [1.82, 2.24) is 9.29 Å². The van der Waals surface area contributed by atoms with Crippen molar-refractivity contribution < 1.29 is 13.2 Å². The smallest absolute Gasteiger partial charge is 0.268 e. The fourth-order valence-corrected chi connectivity index (χ4v) is 8.89. The zero-order valence-electron chi connectivity index (χ0n) is 20.4. The quantitative estimate of drug-likeness (QED) is 0.469. The Bertz CT molecular complexity index is 1340. The van der Waals surface area contributed by atoms with Crippen LogP contribution in [-0.4, -0.2) is 23.8 Å². The standard InChI is InChI=1S/C29H34N2O3S/c1-20-9-11-25(12-10-20)35(33,34)31-19-24(26-6-2-3-7-27(26)31)5-4-8-28(32)30-29-16-21-13-22(17-29)15-23(14-21)18-29/h2-3,6-7,9-12,19,21-23H,4-5,8,13-18H2,1H3,(H,30,32). The summed E-state index contributed by atoms with van der Waals surface area (Å²) in [6.07, 6.45) is 11.2. The molecule has 6 heteroatoms. The summed E-state index contributed by atoms with van der Waals surface area (Å²) in [5.74, 6) is 2.58. The van der Waals surface area contributed by atoms with Crippen LogP contribution in [0.3, 0.4) is 0 Å². The average Bonchev–Trinajstić information content (AvgIpc) is 3.18. The molecule has 7 rings (SSSR count). The van der Waals surface area contributed by atoms with Crippen LogP contribution in [0.4, 0.5) is 0 Å². The summed E-state index contributed by atoms with van der Waals surface area (Å²) in [4.78, 5) is 13.2. The predicted octanol–water partition coefficient (Wildman–Crippen LogP) is 5.59. The number of hydrogen-bond donors (Lipinski definition) is 1. The molecule has 5 nitrogen and oxygen atoms in total. The first-order chi connectivity index (χ1) is 16.8. The van der Waals surface area contributed by atoms with Gasteiger partial charge < -0.3 is 5.32 Å². The fraction of sp³-hybridized carbons (Fsp3) is 0.483. The summed E-state index contributed by atoms with van der Waals surface area (Å²) in [7, 11) is -3.70. The van der Waals surface area contributed by atoms with Crippen LogP contribution in [0.1, 0.15) is 62.5 Å². The number of carbonyl (C=O) groups excluding carboxylic acids is 1. The Morgan fingerprint density at radius 1 is 0.971 bits per heavy atom. The molecular weight excluding hydrogens is 456 g/mol. The molecule has 1 heterocycles. The Hall–Kier alpha value is -2.60. The molecule has 4 fully saturated rings. The molecule has 0 radical (unpaired) electrons. The minimum atomic E-state index is -3.70. The SMILES string of the molecule is Cc1ccc(S(=O)(=O)n2cc(CCCC(=O)NC34CC5CC(CC(C5)C3)C4)c3ccccc32)cc1. The van der Waals surface area contributed by atoms with Crippen molar-refractivity contribution in [2.24, 2.45) is 17.8 Å². The number of amides is 1. The minimum Gasteiger partial charge on any atom is -0.351 e. The summed E-state index contributed by atoms with van der Waals surface area (Å²) in [5, 5.41) is 4.40. The van der Waals surface area contributed by atoms with Crippen LogP contribution in [0.15, 0.2) is 59.6 Å². The molecule has 4 bridgehead atoms. The van der Waals surface area contributed by atoms with E-state index in [1.807, 2.05) is 43.3 Å². The number of benzene rings is 2. The second-order valence-electron chi connectivity index (χ2n) is 11.4. The van der Waals surface area contributed by atoms with E-state index in [0.717, 1.165) is 53.5 Å². The van der Waals surface area contributed by atoms with Gasteiger partial charge in [-0.15, -0.1) is 0 Å². The molecule has 1 N–H and O–H groups in total. The third kappa shape index (κ3) is 4.20. The van der Waals surface area contributed by atoms with Crippen molar-refractivity contribution in [2.75, 3.05) is 0 Å². The van der Waals surface area contributed by atoms with Crippen molar-refractivity contribution in [3.63, 3.8) is 0 Å². The van der Waals surface area contributed by atoms with Gasteiger partial charge in [-0.1, -0.05) is 35.9 Å². The van der Waals surface area contributed by atoms with Crippen molar-refractivity contribution in [3.05, 3.63) is 65.9 Å². The molecule has 0 spiro atoms. The molecule has 0 aliphatic heterocycles. The number of fused-ring (bicyclic) bond motifs is 1. The van der Waals surface area contributed by atoms with Crippen LogP contribution in [-0.2, 0) is 21.2 Å². The highest BCUT2D eigenvalue weighted by atomic mass is 32.2. The van der Waals surface area contributed by atoms with Crippen molar-refractivity contribution in [1.29, 1.82) is 0 Å². The predicted molar refractivity (Wildman–Crippen MR) is 138 cm³/mol. The highest BCUT2D eigenvalue weighted by Gasteiger charge is 2.51. The van der Waals surface area contributed by atoms with E-state index in [4.69, 9.17) is 0 Å².